The Labute approximate surface area is 241 Å². The van der Waals surface area contributed by atoms with Crippen molar-refractivity contribution in [3.8, 4) is 5.75 Å². The number of nitrogens with zero attached hydrogens (tertiary/aromatic N) is 2. The summed E-state index contributed by atoms with van der Waals surface area (Å²) < 4.78 is 15.7. The van der Waals surface area contributed by atoms with Gasteiger partial charge in [-0.3, -0.25) is 14.4 Å². The van der Waals surface area contributed by atoms with Gasteiger partial charge in [0, 0.05) is 16.7 Å². The molecule has 1 heterocycles. The van der Waals surface area contributed by atoms with Gasteiger partial charge in [0.05, 0.1) is 12.6 Å². The summed E-state index contributed by atoms with van der Waals surface area (Å²) in [5.41, 5.74) is 1.58. The lowest BCUT2D eigenvalue weighted by Gasteiger charge is -2.41. The number of hydrogen-bond donors (Lipinski definition) is 1. The molecule has 10 nitrogen and oxygen atoms in total. The summed E-state index contributed by atoms with van der Waals surface area (Å²) in [4.78, 5) is 53.8. The zero-order valence-electron chi connectivity index (χ0n) is 24.0. The van der Waals surface area contributed by atoms with E-state index in [1.54, 1.807) is 52.0 Å². The lowest BCUT2D eigenvalue weighted by Crippen LogP contribution is -2.60. The number of carbonyl (C=O) groups excluding carboxylic acids is 4. The van der Waals surface area contributed by atoms with Crippen LogP contribution in [0.1, 0.15) is 71.0 Å². The second-order valence-electron chi connectivity index (χ2n) is 10.6. The number of ether oxygens (including phenoxy) is 3. The molecule has 11 heteroatoms. The molecule has 40 heavy (non-hydrogen) atoms. The first-order valence-electron chi connectivity index (χ1n) is 12.8. The van der Waals surface area contributed by atoms with Gasteiger partial charge in [-0.2, -0.15) is 0 Å². The average Bonchev–Trinajstić information content (AvgIpc) is 3.40. The van der Waals surface area contributed by atoms with E-state index in [0.29, 0.717) is 34.9 Å². The van der Waals surface area contributed by atoms with Gasteiger partial charge in [0.2, 0.25) is 6.79 Å². The molecule has 1 fully saturated rings. The molecule has 1 saturated heterocycles. The van der Waals surface area contributed by atoms with Gasteiger partial charge in [-0.1, -0.05) is 23.3 Å². The van der Waals surface area contributed by atoms with Crippen molar-refractivity contribution >= 4 is 36.3 Å². The van der Waals surface area contributed by atoms with Crippen LogP contribution in [0, 0.1) is 20.8 Å². The third-order valence-corrected chi connectivity index (χ3v) is 6.32. The molecule has 2 aromatic rings. The Balaban J connectivity index is 0.00000560. The number of halogens is 1. The van der Waals surface area contributed by atoms with Crippen LogP contribution in [0.2, 0.25) is 0 Å². The maximum Gasteiger partial charge on any atom is 0.439 e. The number of hydrogen-bond acceptors (Lipinski definition) is 8. The monoisotopic (exact) mass is 575 g/mol. The Bertz CT molecular complexity index is 1230. The van der Waals surface area contributed by atoms with E-state index >= 15 is 0 Å². The molecule has 2 aromatic carbocycles. The summed E-state index contributed by atoms with van der Waals surface area (Å²) in [5, 5.41) is 4.75. The van der Waals surface area contributed by atoms with Crippen molar-refractivity contribution in [3.05, 3.63) is 64.2 Å². The number of benzene rings is 2. The molecule has 1 aliphatic heterocycles. The SMILES string of the molecule is COc1cccc(C(=O)N(C(=O)OCOC(=O)C2CCCN2)N(C(=O)c2cc(C)cc(C)c2)C(C)(C)C)c1C.Cl. The first-order valence-corrected chi connectivity index (χ1v) is 12.8. The molecule has 3 amide bonds. The maximum atomic E-state index is 14.0. The van der Waals surface area contributed by atoms with E-state index in [1.165, 1.54) is 13.2 Å². The fourth-order valence-electron chi connectivity index (χ4n) is 4.54. The van der Waals surface area contributed by atoms with Crippen LogP contribution < -0.4 is 10.1 Å². The number of amides is 3. The van der Waals surface area contributed by atoms with E-state index in [-0.39, 0.29) is 18.0 Å². The molecule has 0 bridgehead atoms. The second kappa shape index (κ2) is 13.6. The van der Waals surface area contributed by atoms with Crippen molar-refractivity contribution in [1.82, 2.24) is 15.3 Å². The van der Waals surface area contributed by atoms with Crippen LogP contribution in [0.25, 0.3) is 0 Å². The lowest BCUT2D eigenvalue weighted by molar-refractivity contribution is -0.155. The molecule has 0 saturated carbocycles. The molecule has 0 spiro atoms. The largest absolute Gasteiger partial charge is 0.496 e. The van der Waals surface area contributed by atoms with Gasteiger partial charge in [0.1, 0.15) is 11.8 Å². The molecule has 1 atom stereocenters. The number of hydrazine groups is 1. The van der Waals surface area contributed by atoms with Crippen LogP contribution in [-0.2, 0) is 14.3 Å². The predicted molar refractivity (Wildman–Crippen MR) is 151 cm³/mol. The van der Waals surface area contributed by atoms with Gasteiger partial charge in [-0.05, 0) is 85.2 Å². The molecule has 0 aliphatic carbocycles. The minimum absolute atomic E-state index is 0. The van der Waals surface area contributed by atoms with Crippen molar-refractivity contribution in [2.45, 2.75) is 66.0 Å². The fraction of sp³-hybridized carbons (Fsp3) is 0.448. The van der Waals surface area contributed by atoms with Crippen LogP contribution in [0.3, 0.4) is 0 Å². The highest BCUT2D eigenvalue weighted by atomic mass is 35.5. The topological polar surface area (TPSA) is 114 Å². The fourth-order valence-corrected chi connectivity index (χ4v) is 4.54. The van der Waals surface area contributed by atoms with Gasteiger partial charge in [-0.25, -0.2) is 9.80 Å². The quantitative estimate of drug-likeness (QED) is 0.299. The van der Waals surface area contributed by atoms with Crippen LogP contribution in [0.4, 0.5) is 4.79 Å². The standard InChI is InChI=1S/C29H37N3O7.ClH/c1-18-14-19(2)16-21(15-18)25(33)32(29(4,5)6)31(26(34)22-10-8-12-24(37-7)20(22)3)28(36)39-17-38-27(35)23-11-9-13-30-23;/h8,10,12,14-16,23,30H,9,11,13,17H2,1-7H3;1H. The second-order valence-corrected chi connectivity index (χ2v) is 10.6. The number of esters is 1. The first kappa shape index (κ1) is 32.6. The van der Waals surface area contributed by atoms with Crippen molar-refractivity contribution in [2.24, 2.45) is 0 Å². The van der Waals surface area contributed by atoms with Crippen LogP contribution in [0.15, 0.2) is 36.4 Å². The Morgan fingerprint density at radius 1 is 0.975 bits per heavy atom. The Kier molecular flexibility index (Phi) is 11.1. The van der Waals surface area contributed by atoms with E-state index in [1.807, 2.05) is 19.9 Å². The number of aryl methyl sites for hydroxylation is 2. The van der Waals surface area contributed by atoms with Crippen molar-refractivity contribution in [1.29, 1.82) is 0 Å². The van der Waals surface area contributed by atoms with Crippen LogP contribution in [0.5, 0.6) is 5.75 Å². The molecular weight excluding hydrogens is 538 g/mol. The number of methoxy groups -OCH3 is 1. The van der Waals surface area contributed by atoms with Crippen LogP contribution in [-0.4, -0.2) is 65.9 Å². The Hall–Kier alpha value is -3.63. The predicted octanol–water partition coefficient (Wildman–Crippen LogP) is 4.73. The van der Waals surface area contributed by atoms with Crippen molar-refractivity contribution < 1.29 is 33.4 Å². The number of rotatable bonds is 6. The highest BCUT2D eigenvalue weighted by Crippen LogP contribution is 2.27. The highest BCUT2D eigenvalue weighted by molar-refractivity contribution is 6.07. The summed E-state index contributed by atoms with van der Waals surface area (Å²) in [7, 11) is 1.47. The summed E-state index contributed by atoms with van der Waals surface area (Å²) in [5.74, 6) is -1.49. The van der Waals surface area contributed by atoms with E-state index in [2.05, 4.69) is 5.32 Å². The number of carbonyl (C=O) groups is 4. The van der Waals surface area contributed by atoms with E-state index in [0.717, 1.165) is 22.6 Å². The lowest BCUT2D eigenvalue weighted by atomic mass is 10.0. The Morgan fingerprint density at radius 3 is 2.17 bits per heavy atom. The molecular formula is C29H38ClN3O7. The third-order valence-electron chi connectivity index (χ3n) is 6.32. The molecule has 1 aliphatic rings. The molecule has 3 rings (SSSR count). The minimum atomic E-state index is -1.16. The first-order chi connectivity index (χ1) is 18.3. The molecule has 0 radical (unpaired) electrons. The summed E-state index contributed by atoms with van der Waals surface area (Å²) in [6.07, 6.45) is 0.291. The molecule has 218 valence electrons. The zero-order chi connectivity index (χ0) is 28.9. The van der Waals surface area contributed by atoms with Gasteiger partial charge >= 0.3 is 12.1 Å². The highest BCUT2D eigenvalue weighted by Gasteiger charge is 2.42. The van der Waals surface area contributed by atoms with Gasteiger partial charge < -0.3 is 19.5 Å². The van der Waals surface area contributed by atoms with Gasteiger partial charge in [-0.15, -0.1) is 17.4 Å². The van der Waals surface area contributed by atoms with E-state index in [4.69, 9.17) is 14.2 Å². The molecule has 1 unspecified atom stereocenters. The smallest absolute Gasteiger partial charge is 0.439 e. The minimum Gasteiger partial charge on any atom is -0.496 e. The number of nitrogens with one attached hydrogen (secondary N) is 1. The van der Waals surface area contributed by atoms with E-state index in [9.17, 15) is 19.2 Å². The van der Waals surface area contributed by atoms with Crippen molar-refractivity contribution in [3.63, 3.8) is 0 Å². The molecule has 1 N–H and O–H groups in total. The summed E-state index contributed by atoms with van der Waals surface area (Å²) >= 11 is 0. The normalized spacial score (nSPS) is 14.5. The third kappa shape index (κ3) is 7.51. The summed E-state index contributed by atoms with van der Waals surface area (Å²) in [6.45, 7) is 10.5. The van der Waals surface area contributed by atoms with Crippen molar-refractivity contribution in [2.75, 3.05) is 20.4 Å². The summed E-state index contributed by atoms with van der Waals surface area (Å²) in [6, 6.07) is 9.67. The molecule has 0 aromatic heterocycles. The van der Waals surface area contributed by atoms with Crippen LogP contribution >= 0.6 is 12.4 Å². The maximum absolute atomic E-state index is 14.0. The van der Waals surface area contributed by atoms with E-state index < -0.39 is 42.3 Å². The average molecular weight is 576 g/mol. The number of imide groups is 1. The van der Waals surface area contributed by atoms with Gasteiger partial charge in [0.25, 0.3) is 11.8 Å². The van der Waals surface area contributed by atoms with Gasteiger partial charge in [0.15, 0.2) is 0 Å². The Morgan fingerprint density at radius 2 is 1.62 bits per heavy atom. The zero-order valence-corrected chi connectivity index (χ0v) is 24.8.